The first-order valence-corrected chi connectivity index (χ1v) is 8.63. The lowest BCUT2D eigenvalue weighted by Gasteiger charge is -2.00. The smallest absolute Gasteiger partial charge is 0.269 e. The van der Waals surface area contributed by atoms with Crippen LogP contribution < -0.4 is 5.43 Å². The summed E-state index contributed by atoms with van der Waals surface area (Å²) in [5, 5.41) is 16.1. The van der Waals surface area contributed by atoms with Crippen molar-refractivity contribution in [3.8, 4) is 5.69 Å². The van der Waals surface area contributed by atoms with E-state index in [2.05, 4.69) is 5.10 Å². The summed E-state index contributed by atoms with van der Waals surface area (Å²) >= 11 is 0. The van der Waals surface area contributed by atoms with Crippen LogP contribution in [0.25, 0.3) is 28.7 Å². The van der Waals surface area contributed by atoms with Gasteiger partial charge in [0, 0.05) is 17.5 Å². The van der Waals surface area contributed by atoms with E-state index < -0.39 is 4.92 Å². The Morgan fingerprint density at radius 3 is 2.25 bits per heavy atom. The summed E-state index contributed by atoms with van der Waals surface area (Å²) in [6.07, 6.45) is 3.63. The maximum atomic E-state index is 12.6. The van der Waals surface area contributed by atoms with Crippen molar-refractivity contribution in [1.82, 2.24) is 9.78 Å². The molecular formula is C22H15N3O3. The summed E-state index contributed by atoms with van der Waals surface area (Å²) < 4.78 is 1.65. The van der Waals surface area contributed by atoms with E-state index in [1.54, 1.807) is 22.9 Å². The molecule has 0 radical (unpaired) electrons. The second-order valence-electron chi connectivity index (χ2n) is 6.16. The minimum absolute atomic E-state index is 0.0407. The van der Waals surface area contributed by atoms with E-state index in [0.29, 0.717) is 11.2 Å². The van der Waals surface area contributed by atoms with Crippen LogP contribution in [0.1, 0.15) is 11.3 Å². The van der Waals surface area contributed by atoms with Gasteiger partial charge in [0.15, 0.2) is 0 Å². The number of hydrogen-bond donors (Lipinski definition) is 0. The lowest BCUT2D eigenvalue weighted by atomic mass is 10.1. The van der Waals surface area contributed by atoms with E-state index >= 15 is 0 Å². The number of para-hydroxylation sites is 1. The maximum Gasteiger partial charge on any atom is 0.269 e. The Hall–Kier alpha value is -4.06. The van der Waals surface area contributed by atoms with E-state index in [9.17, 15) is 14.9 Å². The van der Waals surface area contributed by atoms with Crippen molar-refractivity contribution in [1.29, 1.82) is 0 Å². The van der Waals surface area contributed by atoms with Gasteiger partial charge in [0.2, 0.25) is 5.43 Å². The molecule has 4 rings (SSSR count). The zero-order chi connectivity index (χ0) is 19.5. The summed E-state index contributed by atoms with van der Waals surface area (Å²) in [6, 6.07) is 22.6. The Morgan fingerprint density at radius 1 is 0.857 bits per heavy atom. The molecule has 28 heavy (non-hydrogen) atoms. The third kappa shape index (κ3) is 3.31. The predicted octanol–water partition coefficient (Wildman–Crippen LogP) is 4.46. The van der Waals surface area contributed by atoms with Gasteiger partial charge in [-0.15, -0.1) is 0 Å². The van der Waals surface area contributed by atoms with Gasteiger partial charge in [-0.1, -0.05) is 42.5 Å². The third-order valence-electron chi connectivity index (χ3n) is 4.34. The first kappa shape index (κ1) is 17.4. The summed E-state index contributed by atoms with van der Waals surface area (Å²) in [6.45, 7) is 0. The number of nitro groups is 1. The van der Waals surface area contributed by atoms with Crippen molar-refractivity contribution in [3.63, 3.8) is 0 Å². The van der Waals surface area contributed by atoms with Crippen LogP contribution in [-0.4, -0.2) is 14.7 Å². The minimum Gasteiger partial charge on any atom is -0.288 e. The van der Waals surface area contributed by atoms with E-state index in [-0.39, 0.29) is 11.1 Å². The molecule has 0 saturated heterocycles. The minimum atomic E-state index is -0.432. The highest BCUT2D eigenvalue weighted by atomic mass is 16.6. The summed E-state index contributed by atoms with van der Waals surface area (Å²) in [5.41, 5.74) is 2.66. The first-order valence-electron chi connectivity index (χ1n) is 8.63. The van der Waals surface area contributed by atoms with Crippen molar-refractivity contribution in [2.75, 3.05) is 0 Å². The van der Waals surface area contributed by atoms with Crippen LogP contribution in [-0.2, 0) is 0 Å². The van der Waals surface area contributed by atoms with Crippen LogP contribution in [0.15, 0.2) is 83.7 Å². The van der Waals surface area contributed by atoms with Crippen molar-refractivity contribution in [2.45, 2.75) is 0 Å². The van der Waals surface area contributed by atoms with Crippen molar-refractivity contribution < 1.29 is 4.92 Å². The second kappa shape index (κ2) is 7.28. The molecule has 6 nitrogen and oxygen atoms in total. The zero-order valence-electron chi connectivity index (χ0n) is 14.7. The fraction of sp³-hybridized carbons (Fsp3) is 0. The lowest BCUT2D eigenvalue weighted by molar-refractivity contribution is -0.384. The molecule has 4 aromatic rings. The first-order chi connectivity index (χ1) is 13.6. The highest BCUT2D eigenvalue weighted by Crippen LogP contribution is 2.21. The van der Waals surface area contributed by atoms with Crippen molar-refractivity contribution in [3.05, 3.63) is 110 Å². The standard InChI is InChI=1S/C22H15N3O3/c26-21-9-5-4-8-19-20(15-12-16-10-13-18(14-11-16)25(27)28)23-24(22(19)21)17-6-2-1-3-7-17/h1-15H/b15-12-. The molecule has 0 atom stereocenters. The highest BCUT2D eigenvalue weighted by molar-refractivity contribution is 5.90. The molecule has 136 valence electrons. The Labute approximate surface area is 160 Å². The number of benzene rings is 2. The normalized spacial score (nSPS) is 11.1. The number of nitro benzene ring substituents is 1. The van der Waals surface area contributed by atoms with Crippen molar-refractivity contribution >= 4 is 28.7 Å². The molecule has 0 amide bonds. The average molecular weight is 369 g/mol. The summed E-state index contributed by atoms with van der Waals surface area (Å²) in [7, 11) is 0. The monoisotopic (exact) mass is 369 g/mol. The summed E-state index contributed by atoms with van der Waals surface area (Å²) in [5.74, 6) is 0. The van der Waals surface area contributed by atoms with Crippen molar-refractivity contribution in [2.24, 2.45) is 0 Å². The fourth-order valence-corrected chi connectivity index (χ4v) is 2.98. The molecule has 0 N–H and O–H groups in total. The molecule has 0 aliphatic heterocycles. The largest absolute Gasteiger partial charge is 0.288 e. The lowest BCUT2D eigenvalue weighted by Crippen LogP contribution is -2.04. The van der Waals surface area contributed by atoms with Crippen LogP contribution in [0.3, 0.4) is 0 Å². The number of nitrogens with zero attached hydrogens (tertiary/aromatic N) is 3. The van der Waals surface area contributed by atoms with Crippen LogP contribution in [0.5, 0.6) is 0 Å². The molecular weight excluding hydrogens is 354 g/mol. The van der Waals surface area contributed by atoms with Gasteiger partial charge in [-0.3, -0.25) is 14.9 Å². The van der Waals surface area contributed by atoms with Gasteiger partial charge in [-0.2, -0.15) is 5.10 Å². The van der Waals surface area contributed by atoms with E-state index in [1.165, 1.54) is 18.2 Å². The Kier molecular flexibility index (Phi) is 4.51. The number of rotatable bonds is 4. The van der Waals surface area contributed by atoms with Gasteiger partial charge in [0.25, 0.3) is 5.69 Å². The zero-order valence-corrected chi connectivity index (χ0v) is 14.7. The van der Waals surface area contributed by atoms with Gasteiger partial charge in [-0.25, -0.2) is 4.68 Å². The maximum absolute atomic E-state index is 12.6. The highest BCUT2D eigenvalue weighted by Gasteiger charge is 2.12. The molecule has 3 aromatic carbocycles. The van der Waals surface area contributed by atoms with E-state index in [4.69, 9.17) is 0 Å². The van der Waals surface area contributed by atoms with Gasteiger partial charge in [0.1, 0.15) is 5.52 Å². The molecule has 6 heteroatoms. The number of fused-ring (bicyclic) bond motifs is 1. The van der Waals surface area contributed by atoms with Gasteiger partial charge < -0.3 is 0 Å². The molecule has 1 heterocycles. The molecule has 0 unspecified atom stereocenters. The fourth-order valence-electron chi connectivity index (χ4n) is 2.98. The van der Waals surface area contributed by atoms with E-state index in [0.717, 1.165) is 16.6 Å². The molecule has 0 spiro atoms. The quantitative estimate of drug-likeness (QED) is 0.393. The molecule has 0 bridgehead atoms. The van der Waals surface area contributed by atoms with E-state index in [1.807, 2.05) is 54.6 Å². The van der Waals surface area contributed by atoms with Gasteiger partial charge in [0.05, 0.1) is 16.3 Å². The Balaban J connectivity index is 1.84. The average Bonchev–Trinajstić information content (AvgIpc) is 2.98. The molecule has 0 aliphatic carbocycles. The molecule has 0 saturated carbocycles. The number of aromatic nitrogens is 2. The van der Waals surface area contributed by atoms with Gasteiger partial charge >= 0.3 is 0 Å². The summed E-state index contributed by atoms with van der Waals surface area (Å²) in [4.78, 5) is 23.0. The topological polar surface area (TPSA) is 78.0 Å². The second-order valence-corrected chi connectivity index (χ2v) is 6.16. The number of non-ortho nitro benzene ring substituents is 1. The SMILES string of the molecule is O=c1ccccc2c(/C=C\c3ccc([N+](=O)[O-])cc3)nn(-c3ccccc3)c12. The van der Waals surface area contributed by atoms with Crippen LogP contribution in [0.2, 0.25) is 0 Å². The molecule has 0 fully saturated rings. The Morgan fingerprint density at radius 2 is 1.54 bits per heavy atom. The van der Waals surface area contributed by atoms with Crippen LogP contribution >= 0.6 is 0 Å². The van der Waals surface area contributed by atoms with Crippen LogP contribution in [0.4, 0.5) is 5.69 Å². The molecule has 0 aliphatic rings. The van der Waals surface area contributed by atoms with Gasteiger partial charge in [-0.05, 0) is 42.0 Å². The van der Waals surface area contributed by atoms with Crippen LogP contribution in [0, 0.1) is 10.1 Å². The number of hydrogen-bond acceptors (Lipinski definition) is 4. The third-order valence-corrected chi connectivity index (χ3v) is 4.34. The molecule has 1 aromatic heterocycles. The predicted molar refractivity (Wildman–Crippen MR) is 109 cm³/mol. The Bertz CT molecular complexity index is 1240.